The van der Waals surface area contributed by atoms with E-state index in [9.17, 15) is 4.79 Å². The van der Waals surface area contributed by atoms with E-state index in [0.717, 1.165) is 24.2 Å². The summed E-state index contributed by atoms with van der Waals surface area (Å²) < 4.78 is 3.52. The molecule has 0 aliphatic rings. The minimum atomic E-state index is 0.140. The minimum Gasteiger partial charge on any atom is -0.292 e. The number of aromatic nitrogens is 4. The first kappa shape index (κ1) is 12.5. The van der Waals surface area contributed by atoms with Gasteiger partial charge in [0.05, 0.1) is 11.9 Å². The van der Waals surface area contributed by atoms with E-state index in [4.69, 9.17) is 0 Å². The molecule has 2 aromatic heterocycles. The Morgan fingerprint density at radius 3 is 2.83 bits per heavy atom. The van der Waals surface area contributed by atoms with E-state index in [1.165, 1.54) is 0 Å². The van der Waals surface area contributed by atoms with Gasteiger partial charge in [-0.25, -0.2) is 0 Å². The third-order valence-electron chi connectivity index (χ3n) is 2.89. The fourth-order valence-corrected chi connectivity index (χ4v) is 2.00. The molecule has 0 spiro atoms. The van der Waals surface area contributed by atoms with Gasteiger partial charge in [0, 0.05) is 26.2 Å². The number of hydrogen-bond donors (Lipinski definition) is 0. The zero-order valence-corrected chi connectivity index (χ0v) is 11.1. The smallest absolute Gasteiger partial charge is 0.181 e. The highest BCUT2D eigenvalue weighted by Crippen LogP contribution is 2.10. The van der Waals surface area contributed by atoms with Crippen molar-refractivity contribution in [3.05, 3.63) is 35.4 Å². The zero-order valence-electron chi connectivity index (χ0n) is 11.1. The number of carbonyl (C=O) groups is 1. The van der Waals surface area contributed by atoms with Crippen molar-refractivity contribution in [1.82, 2.24) is 19.6 Å². The predicted octanol–water partition coefficient (Wildman–Crippen LogP) is 1.76. The average Bonchev–Trinajstić information content (AvgIpc) is 2.92. The number of rotatable bonds is 5. The SMILES string of the molecule is CCn1nc(C)cc1C(=O)CCc1cnn(C)c1. The van der Waals surface area contributed by atoms with Crippen molar-refractivity contribution in [2.75, 3.05) is 0 Å². The Bertz CT molecular complexity index is 553. The lowest BCUT2D eigenvalue weighted by Crippen LogP contribution is -2.10. The summed E-state index contributed by atoms with van der Waals surface area (Å²) in [6.45, 7) is 4.62. The molecular weight excluding hydrogens is 228 g/mol. The van der Waals surface area contributed by atoms with Crippen LogP contribution in [-0.2, 0) is 20.0 Å². The second kappa shape index (κ2) is 5.16. The van der Waals surface area contributed by atoms with Crippen LogP contribution in [0.3, 0.4) is 0 Å². The molecule has 0 radical (unpaired) electrons. The number of Topliss-reactive ketones (excluding diaryl/α,β-unsaturated/α-hetero) is 1. The Kier molecular flexibility index (Phi) is 3.60. The van der Waals surface area contributed by atoms with E-state index in [1.807, 2.05) is 33.2 Å². The van der Waals surface area contributed by atoms with Crippen molar-refractivity contribution in [3.8, 4) is 0 Å². The van der Waals surface area contributed by atoms with E-state index in [-0.39, 0.29) is 5.78 Å². The van der Waals surface area contributed by atoms with Gasteiger partial charge in [-0.1, -0.05) is 0 Å². The summed E-state index contributed by atoms with van der Waals surface area (Å²) in [7, 11) is 1.88. The first-order chi connectivity index (χ1) is 8.60. The van der Waals surface area contributed by atoms with Crippen LogP contribution >= 0.6 is 0 Å². The molecule has 0 amide bonds. The number of hydrogen-bond acceptors (Lipinski definition) is 3. The summed E-state index contributed by atoms with van der Waals surface area (Å²) in [5, 5.41) is 8.38. The number of ketones is 1. The fourth-order valence-electron chi connectivity index (χ4n) is 2.00. The van der Waals surface area contributed by atoms with E-state index < -0.39 is 0 Å². The topological polar surface area (TPSA) is 52.7 Å². The van der Waals surface area contributed by atoms with E-state index in [0.29, 0.717) is 12.1 Å². The standard InChI is InChI=1S/C13H18N4O/c1-4-17-12(7-10(2)15-17)13(18)6-5-11-8-14-16(3)9-11/h7-9H,4-6H2,1-3H3. The van der Waals surface area contributed by atoms with Crippen LogP contribution in [0.25, 0.3) is 0 Å². The van der Waals surface area contributed by atoms with Crippen LogP contribution in [0.15, 0.2) is 18.5 Å². The van der Waals surface area contributed by atoms with Gasteiger partial charge >= 0.3 is 0 Å². The molecule has 0 N–H and O–H groups in total. The summed E-state index contributed by atoms with van der Waals surface area (Å²) in [6.07, 6.45) is 4.96. The molecule has 0 bridgehead atoms. The quantitative estimate of drug-likeness (QED) is 0.755. The van der Waals surface area contributed by atoms with Crippen LogP contribution < -0.4 is 0 Å². The first-order valence-electron chi connectivity index (χ1n) is 6.15. The third-order valence-corrected chi connectivity index (χ3v) is 2.89. The molecule has 0 fully saturated rings. The van der Waals surface area contributed by atoms with Crippen molar-refractivity contribution >= 4 is 5.78 Å². The van der Waals surface area contributed by atoms with Gasteiger partial charge in [-0.05, 0) is 31.9 Å². The van der Waals surface area contributed by atoms with E-state index in [2.05, 4.69) is 10.2 Å². The molecule has 2 aromatic rings. The number of carbonyl (C=O) groups excluding carboxylic acids is 1. The summed E-state index contributed by atoms with van der Waals surface area (Å²) in [5.74, 6) is 0.140. The maximum atomic E-state index is 12.1. The lowest BCUT2D eigenvalue weighted by molar-refractivity contribution is 0.0972. The molecule has 18 heavy (non-hydrogen) atoms. The van der Waals surface area contributed by atoms with E-state index in [1.54, 1.807) is 15.6 Å². The Morgan fingerprint density at radius 2 is 2.22 bits per heavy atom. The van der Waals surface area contributed by atoms with Crippen LogP contribution in [0.1, 0.15) is 35.1 Å². The molecule has 0 aromatic carbocycles. The summed E-state index contributed by atoms with van der Waals surface area (Å²) in [6, 6.07) is 1.86. The fraction of sp³-hybridized carbons (Fsp3) is 0.462. The molecule has 96 valence electrons. The lowest BCUT2D eigenvalue weighted by Gasteiger charge is -2.02. The first-order valence-corrected chi connectivity index (χ1v) is 6.15. The zero-order chi connectivity index (χ0) is 13.1. The number of nitrogens with zero attached hydrogens (tertiary/aromatic N) is 4. The van der Waals surface area contributed by atoms with Gasteiger partial charge in [0.15, 0.2) is 5.78 Å². The highest BCUT2D eigenvalue weighted by Gasteiger charge is 2.13. The van der Waals surface area contributed by atoms with Crippen molar-refractivity contribution < 1.29 is 4.79 Å². The second-order valence-corrected chi connectivity index (χ2v) is 4.43. The lowest BCUT2D eigenvalue weighted by atomic mass is 10.1. The van der Waals surface area contributed by atoms with Crippen LogP contribution in [0.2, 0.25) is 0 Å². The monoisotopic (exact) mass is 246 g/mol. The van der Waals surface area contributed by atoms with Crippen LogP contribution in [-0.4, -0.2) is 25.3 Å². The Hall–Kier alpha value is -1.91. The molecule has 5 heteroatoms. The molecular formula is C13H18N4O. The summed E-state index contributed by atoms with van der Waals surface area (Å²) in [5.41, 5.74) is 2.69. The molecule has 5 nitrogen and oxygen atoms in total. The molecule has 0 aliphatic carbocycles. The minimum absolute atomic E-state index is 0.140. The Labute approximate surface area is 106 Å². The molecule has 2 rings (SSSR count). The predicted molar refractivity (Wildman–Crippen MR) is 68.5 cm³/mol. The molecule has 2 heterocycles. The van der Waals surface area contributed by atoms with Crippen LogP contribution in [0.4, 0.5) is 0 Å². The molecule has 0 atom stereocenters. The highest BCUT2D eigenvalue weighted by atomic mass is 16.1. The maximum Gasteiger partial charge on any atom is 0.181 e. The van der Waals surface area contributed by atoms with Gasteiger partial charge in [0.1, 0.15) is 5.69 Å². The normalized spacial score (nSPS) is 10.8. The molecule has 0 unspecified atom stereocenters. The van der Waals surface area contributed by atoms with Gasteiger partial charge in [0.25, 0.3) is 0 Å². The molecule has 0 saturated carbocycles. The van der Waals surface area contributed by atoms with Gasteiger partial charge < -0.3 is 0 Å². The molecule has 0 aliphatic heterocycles. The second-order valence-electron chi connectivity index (χ2n) is 4.43. The maximum absolute atomic E-state index is 12.1. The molecule has 0 saturated heterocycles. The summed E-state index contributed by atoms with van der Waals surface area (Å²) >= 11 is 0. The van der Waals surface area contributed by atoms with Gasteiger partial charge in [0.2, 0.25) is 0 Å². The Morgan fingerprint density at radius 1 is 1.44 bits per heavy atom. The third kappa shape index (κ3) is 2.67. The number of aryl methyl sites for hydroxylation is 4. The average molecular weight is 246 g/mol. The van der Waals surface area contributed by atoms with Crippen molar-refractivity contribution in [1.29, 1.82) is 0 Å². The van der Waals surface area contributed by atoms with Gasteiger partial charge in [-0.3, -0.25) is 14.2 Å². The van der Waals surface area contributed by atoms with Crippen molar-refractivity contribution in [2.24, 2.45) is 7.05 Å². The largest absolute Gasteiger partial charge is 0.292 e. The van der Waals surface area contributed by atoms with Crippen molar-refractivity contribution in [2.45, 2.75) is 33.2 Å². The van der Waals surface area contributed by atoms with Crippen molar-refractivity contribution in [3.63, 3.8) is 0 Å². The highest BCUT2D eigenvalue weighted by molar-refractivity contribution is 5.94. The van der Waals surface area contributed by atoms with Gasteiger partial charge in [-0.2, -0.15) is 10.2 Å². The summed E-state index contributed by atoms with van der Waals surface area (Å²) in [4.78, 5) is 12.1. The van der Waals surface area contributed by atoms with E-state index >= 15 is 0 Å². The Balaban J connectivity index is 2.03. The van der Waals surface area contributed by atoms with Crippen LogP contribution in [0, 0.1) is 6.92 Å². The van der Waals surface area contributed by atoms with Crippen LogP contribution in [0.5, 0.6) is 0 Å². The van der Waals surface area contributed by atoms with Gasteiger partial charge in [-0.15, -0.1) is 0 Å².